The van der Waals surface area contributed by atoms with Crippen LogP contribution in [0.4, 0.5) is 10.5 Å². The second kappa shape index (κ2) is 8.74. The second-order valence-electron chi connectivity index (χ2n) is 8.50. The summed E-state index contributed by atoms with van der Waals surface area (Å²) in [6, 6.07) is 16.4. The third kappa shape index (κ3) is 4.56. The molecule has 3 amide bonds. The van der Waals surface area contributed by atoms with Crippen LogP contribution >= 0.6 is 0 Å². The number of amides is 3. The molecule has 5 nitrogen and oxygen atoms in total. The Hall–Kier alpha value is -3.08. The molecule has 2 N–H and O–H groups in total. The summed E-state index contributed by atoms with van der Waals surface area (Å²) in [6.07, 6.45) is 4.99. The van der Waals surface area contributed by atoms with Crippen molar-refractivity contribution in [3.05, 3.63) is 71.3 Å². The van der Waals surface area contributed by atoms with Crippen LogP contribution in [0.5, 0.6) is 0 Å². The van der Waals surface area contributed by atoms with Gasteiger partial charge in [-0.2, -0.15) is 0 Å². The lowest BCUT2D eigenvalue weighted by Crippen LogP contribution is -2.38. The van der Waals surface area contributed by atoms with E-state index in [2.05, 4.69) is 41.0 Å². The first-order valence-corrected chi connectivity index (χ1v) is 10.7. The molecule has 4 rings (SSSR count). The quantitative estimate of drug-likeness (QED) is 0.759. The molecule has 2 aliphatic rings. The number of fused-ring (bicyclic) bond motifs is 1. The second-order valence-corrected chi connectivity index (χ2v) is 8.50. The molecular weight excluding hydrogens is 374 g/mol. The number of hydrogen-bond acceptors (Lipinski definition) is 2. The van der Waals surface area contributed by atoms with Crippen molar-refractivity contribution >= 4 is 23.2 Å². The maximum atomic E-state index is 12.6. The van der Waals surface area contributed by atoms with Crippen molar-refractivity contribution in [2.24, 2.45) is 5.92 Å². The largest absolute Gasteiger partial charge is 0.353 e. The van der Waals surface area contributed by atoms with Crippen LogP contribution in [0, 0.1) is 5.92 Å². The Labute approximate surface area is 178 Å². The summed E-state index contributed by atoms with van der Waals surface area (Å²) in [5, 5.41) is 6.13. The maximum Gasteiger partial charge on any atom is 0.322 e. The van der Waals surface area contributed by atoms with Crippen molar-refractivity contribution in [1.29, 1.82) is 0 Å². The van der Waals surface area contributed by atoms with Crippen molar-refractivity contribution in [2.75, 3.05) is 5.32 Å². The molecule has 0 saturated heterocycles. The summed E-state index contributed by atoms with van der Waals surface area (Å²) >= 11 is 0. The Morgan fingerprint density at radius 2 is 1.67 bits per heavy atom. The summed E-state index contributed by atoms with van der Waals surface area (Å²) in [5.74, 6) is 0.144. The SMILES string of the molecule is CC(C)C(=O)NC1CC=C(c2ccc(NC(=O)N3Cc4ccccc4C3)cc2)CC1. The zero-order valence-electron chi connectivity index (χ0n) is 17.7. The van der Waals surface area contributed by atoms with Crippen molar-refractivity contribution < 1.29 is 9.59 Å². The molecule has 0 bridgehead atoms. The van der Waals surface area contributed by atoms with Gasteiger partial charge < -0.3 is 15.5 Å². The van der Waals surface area contributed by atoms with E-state index < -0.39 is 0 Å². The number of hydrogen-bond donors (Lipinski definition) is 2. The highest BCUT2D eigenvalue weighted by atomic mass is 16.2. The first kappa shape index (κ1) is 20.2. The molecule has 2 aromatic carbocycles. The first-order valence-electron chi connectivity index (χ1n) is 10.7. The highest BCUT2D eigenvalue weighted by Crippen LogP contribution is 2.28. The van der Waals surface area contributed by atoms with Crippen LogP contribution < -0.4 is 10.6 Å². The number of urea groups is 1. The van der Waals surface area contributed by atoms with Crippen LogP contribution in [-0.2, 0) is 17.9 Å². The van der Waals surface area contributed by atoms with Gasteiger partial charge in [-0.15, -0.1) is 0 Å². The number of rotatable bonds is 4. The van der Waals surface area contributed by atoms with E-state index in [1.54, 1.807) is 0 Å². The molecule has 0 saturated carbocycles. The highest BCUT2D eigenvalue weighted by molar-refractivity contribution is 5.90. The molecular formula is C25H29N3O2. The van der Waals surface area contributed by atoms with Gasteiger partial charge in [-0.05, 0) is 53.7 Å². The van der Waals surface area contributed by atoms with Crippen LogP contribution in [0.3, 0.4) is 0 Å². The van der Waals surface area contributed by atoms with Gasteiger partial charge in [0.25, 0.3) is 0 Å². The summed E-state index contributed by atoms with van der Waals surface area (Å²) in [6.45, 7) is 5.15. The zero-order chi connectivity index (χ0) is 21.1. The molecule has 1 atom stereocenters. The molecule has 1 aliphatic carbocycles. The zero-order valence-corrected chi connectivity index (χ0v) is 17.7. The average Bonchev–Trinajstić information content (AvgIpc) is 3.19. The van der Waals surface area contributed by atoms with Gasteiger partial charge in [0.05, 0.1) is 0 Å². The lowest BCUT2D eigenvalue weighted by atomic mass is 9.90. The summed E-state index contributed by atoms with van der Waals surface area (Å²) in [7, 11) is 0. The number of nitrogens with one attached hydrogen (secondary N) is 2. The highest BCUT2D eigenvalue weighted by Gasteiger charge is 2.23. The van der Waals surface area contributed by atoms with E-state index >= 15 is 0 Å². The molecule has 0 spiro atoms. The van der Waals surface area contributed by atoms with E-state index in [-0.39, 0.29) is 23.9 Å². The normalized spacial score (nSPS) is 18.0. The maximum absolute atomic E-state index is 12.6. The third-order valence-corrected chi connectivity index (χ3v) is 5.92. The lowest BCUT2D eigenvalue weighted by Gasteiger charge is -2.24. The van der Waals surface area contributed by atoms with E-state index in [1.807, 2.05) is 43.0 Å². The van der Waals surface area contributed by atoms with Crippen molar-refractivity contribution in [3.8, 4) is 0 Å². The topological polar surface area (TPSA) is 61.4 Å². The minimum absolute atomic E-state index is 0.0212. The number of nitrogens with zero attached hydrogens (tertiary/aromatic N) is 1. The predicted molar refractivity (Wildman–Crippen MR) is 120 cm³/mol. The summed E-state index contributed by atoms with van der Waals surface area (Å²) in [4.78, 5) is 26.3. The van der Waals surface area contributed by atoms with Crippen LogP contribution in [0.2, 0.25) is 0 Å². The minimum Gasteiger partial charge on any atom is -0.353 e. The van der Waals surface area contributed by atoms with Crippen LogP contribution in [0.15, 0.2) is 54.6 Å². The summed E-state index contributed by atoms with van der Waals surface area (Å²) in [5.41, 5.74) is 5.72. The number of carbonyl (C=O) groups is 2. The first-order chi connectivity index (χ1) is 14.5. The van der Waals surface area contributed by atoms with Gasteiger partial charge in [-0.1, -0.05) is 56.3 Å². The minimum atomic E-state index is -0.0698. The molecule has 0 fully saturated rings. The number of carbonyl (C=O) groups excluding carboxylic acids is 2. The van der Waals surface area contributed by atoms with Crippen molar-refractivity contribution in [2.45, 2.75) is 52.2 Å². The number of allylic oxidation sites excluding steroid dienone is 1. The average molecular weight is 404 g/mol. The Kier molecular flexibility index (Phi) is 5.88. The number of benzene rings is 2. The van der Waals surface area contributed by atoms with Gasteiger partial charge in [-0.3, -0.25) is 4.79 Å². The third-order valence-electron chi connectivity index (χ3n) is 5.92. The van der Waals surface area contributed by atoms with Gasteiger partial charge in [0.2, 0.25) is 5.91 Å². The lowest BCUT2D eigenvalue weighted by molar-refractivity contribution is -0.124. The fourth-order valence-corrected chi connectivity index (χ4v) is 4.04. The molecule has 1 unspecified atom stereocenters. The molecule has 30 heavy (non-hydrogen) atoms. The Morgan fingerprint density at radius 1 is 1.00 bits per heavy atom. The molecule has 0 aromatic heterocycles. The molecule has 1 aliphatic heterocycles. The standard InChI is InChI=1S/C25H29N3O2/c1-17(2)24(29)26-22-11-7-18(8-12-22)19-9-13-23(14-10-19)27-25(30)28-15-20-5-3-4-6-21(20)16-28/h3-7,9-10,13-14,17,22H,8,11-12,15-16H2,1-2H3,(H,26,29)(H,27,30). The Balaban J connectivity index is 1.32. The predicted octanol–water partition coefficient (Wildman–Crippen LogP) is 4.94. The molecule has 1 heterocycles. The van der Waals surface area contributed by atoms with Crippen LogP contribution in [-0.4, -0.2) is 22.9 Å². The van der Waals surface area contributed by atoms with Crippen molar-refractivity contribution in [1.82, 2.24) is 10.2 Å². The fraction of sp³-hybridized carbons (Fsp3) is 0.360. The monoisotopic (exact) mass is 403 g/mol. The van der Waals surface area contributed by atoms with E-state index in [0.717, 1.165) is 24.9 Å². The van der Waals surface area contributed by atoms with Gasteiger partial charge >= 0.3 is 6.03 Å². The van der Waals surface area contributed by atoms with E-state index in [0.29, 0.717) is 13.1 Å². The van der Waals surface area contributed by atoms with Gasteiger partial charge in [0, 0.05) is 30.7 Å². The molecule has 0 radical (unpaired) electrons. The number of anilines is 1. The molecule has 2 aromatic rings. The van der Waals surface area contributed by atoms with Crippen molar-refractivity contribution in [3.63, 3.8) is 0 Å². The molecule has 156 valence electrons. The van der Waals surface area contributed by atoms with E-state index in [1.165, 1.54) is 22.3 Å². The van der Waals surface area contributed by atoms with E-state index in [4.69, 9.17) is 0 Å². The van der Waals surface area contributed by atoms with Crippen LogP contribution in [0.25, 0.3) is 5.57 Å². The van der Waals surface area contributed by atoms with E-state index in [9.17, 15) is 9.59 Å². The Bertz CT molecular complexity index is 938. The smallest absolute Gasteiger partial charge is 0.322 e. The van der Waals surface area contributed by atoms with Gasteiger partial charge in [0.15, 0.2) is 0 Å². The molecule has 5 heteroatoms. The Morgan fingerprint density at radius 3 is 2.23 bits per heavy atom. The van der Waals surface area contributed by atoms with Gasteiger partial charge in [0.1, 0.15) is 0 Å². The fourth-order valence-electron chi connectivity index (χ4n) is 4.04. The van der Waals surface area contributed by atoms with Gasteiger partial charge in [-0.25, -0.2) is 4.79 Å². The summed E-state index contributed by atoms with van der Waals surface area (Å²) < 4.78 is 0. The van der Waals surface area contributed by atoms with Crippen LogP contribution in [0.1, 0.15) is 49.8 Å².